The van der Waals surface area contributed by atoms with E-state index in [1.54, 1.807) is 18.2 Å². The number of hydrogen-bond donors (Lipinski definition) is 1. The van der Waals surface area contributed by atoms with E-state index in [1.807, 2.05) is 0 Å². The SMILES string of the molecule is OCCN(Cc1ccc(Br)cc1Cl)CC(F)F. The van der Waals surface area contributed by atoms with Crippen molar-refractivity contribution >= 4 is 27.5 Å². The van der Waals surface area contributed by atoms with E-state index >= 15 is 0 Å². The van der Waals surface area contributed by atoms with Crippen molar-refractivity contribution in [2.24, 2.45) is 0 Å². The third kappa shape index (κ3) is 5.29. The first-order valence-electron chi connectivity index (χ1n) is 5.08. The van der Waals surface area contributed by atoms with Gasteiger partial charge in [0.2, 0.25) is 0 Å². The van der Waals surface area contributed by atoms with Crippen molar-refractivity contribution in [1.82, 2.24) is 4.90 Å². The van der Waals surface area contributed by atoms with Crippen LogP contribution >= 0.6 is 27.5 Å². The maximum atomic E-state index is 12.3. The summed E-state index contributed by atoms with van der Waals surface area (Å²) in [5.41, 5.74) is 0.768. The first-order chi connectivity index (χ1) is 8.02. The Labute approximate surface area is 112 Å². The van der Waals surface area contributed by atoms with Crippen LogP contribution in [-0.2, 0) is 6.54 Å². The van der Waals surface area contributed by atoms with Gasteiger partial charge in [-0.05, 0) is 17.7 Å². The van der Waals surface area contributed by atoms with Crippen molar-refractivity contribution in [3.05, 3.63) is 33.3 Å². The van der Waals surface area contributed by atoms with Crippen LogP contribution in [0.3, 0.4) is 0 Å². The minimum atomic E-state index is -2.42. The third-order valence-electron chi connectivity index (χ3n) is 2.22. The molecular formula is C11H13BrClF2NO. The van der Waals surface area contributed by atoms with Crippen LogP contribution in [0.5, 0.6) is 0 Å². The molecule has 0 radical (unpaired) electrons. The number of halogens is 4. The summed E-state index contributed by atoms with van der Waals surface area (Å²) in [6.07, 6.45) is -2.42. The van der Waals surface area contributed by atoms with E-state index in [2.05, 4.69) is 15.9 Å². The normalized spacial score (nSPS) is 11.5. The predicted octanol–water partition coefficient (Wildman–Crippen LogP) is 3.16. The van der Waals surface area contributed by atoms with Gasteiger partial charge < -0.3 is 5.11 Å². The lowest BCUT2D eigenvalue weighted by Gasteiger charge is -2.21. The number of alkyl halides is 2. The Balaban J connectivity index is 2.71. The zero-order valence-corrected chi connectivity index (χ0v) is 11.4. The average Bonchev–Trinajstić information content (AvgIpc) is 2.21. The Morgan fingerprint density at radius 2 is 2.12 bits per heavy atom. The third-order valence-corrected chi connectivity index (χ3v) is 3.07. The standard InChI is InChI=1S/C11H13BrClF2NO/c12-9-2-1-8(10(13)5-9)6-16(3-4-17)7-11(14)15/h1-2,5,11,17H,3-4,6-7H2. The van der Waals surface area contributed by atoms with Gasteiger partial charge in [0.1, 0.15) is 0 Å². The van der Waals surface area contributed by atoms with Gasteiger partial charge in [-0.15, -0.1) is 0 Å². The van der Waals surface area contributed by atoms with Gasteiger partial charge in [0, 0.05) is 22.6 Å². The molecule has 0 atom stereocenters. The zero-order chi connectivity index (χ0) is 12.8. The van der Waals surface area contributed by atoms with Crippen LogP contribution in [0.2, 0.25) is 5.02 Å². The van der Waals surface area contributed by atoms with Gasteiger partial charge in [-0.1, -0.05) is 33.6 Å². The lowest BCUT2D eigenvalue weighted by molar-refractivity contribution is 0.0746. The molecule has 0 saturated heterocycles. The fourth-order valence-electron chi connectivity index (χ4n) is 1.46. The van der Waals surface area contributed by atoms with Crippen LogP contribution in [0.1, 0.15) is 5.56 Å². The van der Waals surface area contributed by atoms with E-state index in [-0.39, 0.29) is 19.7 Å². The zero-order valence-electron chi connectivity index (χ0n) is 9.04. The predicted molar refractivity (Wildman–Crippen MR) is 67.5 cm³/mol. The molecule has 0 unspecified atom stereocenters. The molecule has 0 aliphatic carbocycles. The molecule has 0 saturated carbocycles. The molecule has 0 spiro atoms. The van der Waals surface area contributed by atoms with Crippen molar-refractivity contribution in [3.8, 4) is 0 Å². The molecule has 0 bridgehead atoms. The van der Waals surface area contributed by atoms with Crippen LogP contribution in [0.4, 0.5) is 8.78 Å². The first kappa shape index (κ1) is 14.8. The van der Waals surface area contributed by atoms with E-state index in [9.17, 15) is 8.78 Å². The maximum Gasteiger partial charge on any atom is 0.251 e. The van der Waals surface area contributed by atoms with Gasteiger partial charge in [0.15, 0.2) is 0 Å². The molecule has 96 valence electrons. The summed E-state index contributed by atoms with van der Waals surface area (Å²) < 4.78 is 25.5. The van der Waals surface area contributed by atoms with Crippen molar-refractivity contribution in [2.45, 2.75) is 13.0 Å². The fourth-order valence-corrected chi connectivity index (χ4v) is 2.20. The fraction of sp³-hybridized carbons (Fsp3) is 0.455. The van der Waals surface area contributed by atoms with Crippen molar-refractivity contribution in [2.75, 3.05) is 19.7 Å². The molecule has 17 heavy (non-hydrogen) atoms. The van der Waals surface area contributed by atoms with Crippen LogP contribution in [-0.4, -0.2) is 36.1 Å². The van der Waals surface area contributed by atoms with Crippen molar-refractivity contribution in [3.63, 3.8) is 0 Å². The Kier molecular flexibility index (Phi) is 6.33. The Hall–Kier alpha value is -0.230. The monoisotopic (exact) mass is 327 g/mol. The van der Waals surface area contributed by atoms with Gasteiger partial charge in [0.25, 0.3) is 6.43 Å². The number of benzene rings is 1. The topological polar surface area (TPSA) is 23.5 Å². The highest BCUT2D eigenvalue weighted by molar-refractivity contribution is 9.10. The second-order valence-electron chi connectivity index (χ2n) is 3.59. The molecule has 1 aromatic rings. The first-order valence-corrected chi connectivity index (χ1v) is 6.25. The molecule has 0 fully saturated rings. The smallest absolute Gasteiger partial charge is 0.251 e. The van der Waals surface area contributed by atoms with Crippen molar-refractivity contribution < 1.29 is 13.9 Å². The molecule has 0 aliphatic rings. The van der Waals surface area contributed by atoms with Gasteiger partial charge in [0.05, 0.1) is 13.2 Å². The number of hydrogen-bond acceptors (Lipinski definition) is 2. The van der Waals surface area contributed by atoms with Gasteiger partial charge >= 0.3 is 0 Å². The number of rotatable bonds is 6. The van der Waals surface area contributed by atoms with Gasteiger partial charge in [-0.3, -0.25) is 4.90 Å². The van der Waals surface area contributed by atoms with Gasteiger partial charge in [-0.2, -0.15) is 0 Å². The minimum Gasteiger partial charge on any atom is -0.395 e. The maximum absolute atomic E-state index is 12.3. The van der Waals surface area contributed by atoms with Crippen LogP contribution in [0, 0.1) is 0 Å². The summed E-state index contributed by atoms with van der Waals surface area (Å²) in [7, 11) is 0. The largest absolute Gasteiger partial charge is 0.395 e. The number of aliphatic hydroxyl groups is 1. The van der Waals surface area contributed by atoms with E-state index in [4.69, 9.17) is 16.7 Å². The summed E-state index contributed by atoms with van der Waals surface area (Å²) in [6.45, 7) is -0.0123. The molecule has 2 nitrogen and oxygen atoms in total. The summed E-state index contributed by atoms with van der Waals surface area (Å²) in [5, 5.41) is 9.34. The highest BCUT2D eigenvalue weighted by Crippen LogP contribution is 2.22. The molecule has 0 aliphatic heterocycles. The summed E-state index contributed by atoms with van der Waals surface area (Å²) in [6, 6.07) is 5.30. The van der Waals surface area contributed by atoms with Crippen LogP contribution in [0.25, 0.3) is 0 Å². The van der Waals surface area contributed by atoms with E-state index in [1.165, 1.54) is 4.90 Å². The highest BCUT2D eigenvalue weighted by atomic mass is 79.9. The van der Waals surface area contributed by atoms with E-state index in [0.717, 1.165) is 10.0 Å². The quantitative estimate of drug-likeness (QED) is 0.867. The Bertz CT molecular complexity index is 365. The number of aliphatic hydroxyl groups excluding tert-OH is 1. The van der Waals surface area contributed by atoms with E-state index in [0.29, 0.717) is 11.6 Å². The van der Waals surface area contributed by atoms with Crippen molar-refractivity contribution in [1.29, 1.82) is 0 Å². The molecular weight excluding hydrogens is 315 g/mol. The lowest BCUT2D eigenvalue weighted by Crippen LogP contribution is -2.31. The summed E-state index contributed by atoms with van der Waals surface area (Å²) in [5.74, 6) is 0. The second-order valence-corrected chi connectivity index (χ2v) is 4.91. The summed E-state index contributed by atoms with van der Waals surface area (Å²) >= 11 is 9.28. The van der Waals surface area contributed by atoms with E-state index < -0.39 is 6.43 Å². The molecule has 1 N–H and O–H groups in total. The molecule has 0 aromatic heterocycles. The van der Waals surface area contributed by atoms with Crippen LogP contribution < -0.4 is 0 Å². The Morgan fingerprint density at radius 3 is 2.65 bits per heavy atom. The Morgan fingerprint density at radius 1 is 1.41 bits per heavy atom. The second kappa shape index (κ2) is 7.26. The lowest BCUT2D eigenvalue weighted by atomic mass is 10.2. The highest BCUT2D eigenvalue weighted by Gasteiger charge is 2.13. The minimum absolute atomic E-state index is 0.152. The summed E-state index contributed by atoms with van der Waals surface area (Å²) in [4.78, 5) is 1.47. The molecule has 1 aromatic carbocycles. The number of nitrogens with zero attached hydrogens (tertiary/aromatic N) is 1. The molecule has 0 amide bonds. The van der Waals surface area contributed by atoms with Gasteiger partial charge in [-0.25, -0.2) is 8.78 Å². The van der Waals surface area contributed by atoms with Crippen LogP contribution in [0.15, 0.2) is 22.7 Å². The molecule has 1 rings (SSSR count). The average molecular weight is 329 g/mol. The molecule has 0 heterocycles. The molecule has 6 heteroatoms.